The van der Waals surface area contributed by atoms with Gasteiger partial charge in [0.2, 0.25) is 5.91 Å². The zero-order valence-corrected chi connectivity index (χ0v) is 22.1. The zero-order valence-electron chi connectivity index (χ0n) is 19.8. The van der Waals surface area contributed by atoms with Crippen LogP contribution in [0, 0.1) is 5.92 Å². The highest BCUT2D eigenvalue weighted by molar-refractivity contribution is 7.18. The van der Waals surface area contributed by atoms with E-state index in [9.17, 15) is 4.79 Å². The van der Waals surface area contributed by atoms with Crippen molar-refractivity contribution in [3.8, 4) is 0 Å². The number of carbonyl (C=O) groups is 1. The van der Waals surface area contributed by atoms with Gasteiger partial charge in [0.25, 0.3) is 0 Å². The first-order chi connectivity index (χ1) is 17.0. The molecule has 2 aliphatic heterocycles. The highest BCUT2D eigenvalue weighted by Gasteiger charge is 2.27. The molecule has 2 N–H and O–H groups in total. The molecule has 0 spiro atoms. The number of rotatable bonds is 9. The fourth-order valence-electron chi connectivity index (χ4n) is 5.35. The summed E-state index contributed by atoms with van der Waals surface area (Å²) in [6, 6.07) is 10.4. The summed E-state index contributed by atoms with van der Waals surface area (Å²) in [5.74, 6) is 0.552. The summed E-state index contributed by atoms with van der Waals surface area (Å²) in [5.41, 5.74) is 7.91. The van der Waals surface area contributed by atoms with E-state index in [2.05, 4.69) is 21.9 Å². The fraction of sp³-hybridized carbons (Fsp3) is 0.500. The molecule has 1 aromatic carbocycles. The van der Waals surface area contributed by atoms with Crippen LogP contribution in [0.1, 0.15) is 55.1 Å². The topological polar surface area (TPSA) is 75.4 Å². The Kier molecular flexibility index (Phi) is 7.77. The number of halogens is 2. The normalized spacial score (nSPS) is 19.6. The second-order valence-corrected chi connectivity index (χ2v) is 11.5. The first-order valence-corrected chi connectivity index (χ1v) is 14.0. The number of fused-ring (bicyclic) bond motifs is 1. The second-order valence-electron chi connectivity index (χ2n) is 9.61. The number of nitrogens with two attached hydrogens (primary N) is 1. The van der Waals surface area contributed by atoms with Crippen molar-refractivity contribution in [2.24, 2.45) is 11.7 Å². The number of likely N-dealkylation sites (tertiary alicyclic amines) is 1. The molecule has 2 aromatic heterocycles. The molecule has 1 amide bonds. The second kappa shape index (κ2) is 11.0. The highest BCUT2D eigenvalue weighted by atomic mass is 35.5. The number of benzene rings is 1. The van der Waals surface area contributed by atoms with Gasteiger partial charge in [-0.15, -0.1) is 0 Å². The number of anilines is 1. The number of hydrogen-bond acceptors (Lipinski definition) is 6. The Morgan fingerprint density at radius 1 is 1.09 bits per heavy atom. The van der Waals surface area contributed by atoms with Crippen LogP contribution in [0.15, 0.2) is 30.3 Å². The molecule has 0 aliphatic carbocycles. The summed E-state index contributed by atoms with van der Waals surface area (Å²) in [7, 11) is 0. The molecule has 2 saturated heterocycles. The van der Waals surface area contributed by atoms with Gasteiger partial charge in [0, 0.05) is 31.5 Å². The van der Waals surface area contributed by atoms with Gasteiger partial charge in [-0.1, -0.05) is 40.6 Å². The SMILES string of the molecule is NC(=O)C(CCCN1CCCC1c1ccc(Cl)c(Cl)c1)Cc1nc2ccc(N3CCCC3)nc2s1. The Bertz CT molecular complexity index is 1200. The van der Waals surface area contributed by atoms with Crippen molar-refractivity contribution in [3.05, 3.63) is 50.9 Å². The minimum atomic E-state index is -0.252. The van der Waals surface area contributed by atoms with E-state index in [1.165, 1.54) is 18.4 Å². The Hall–Kier alpha value is -1.93. The van der Waals surface area contributed by atoms with Crippen LogP contribution in [0.5, 0.6) is 0 Å². The quantitative estimate of drug-likeness (QED) is 0.374. The number of carbonyl (C=O) groups excluding carboxylic acids is 1. The van der Waals surface area contributed by atoms with Crippen LogP contribution >= 0.6 is 34.5 Å². The first kappa shape index (κ1) is 24.8. The van der Waals surface area contributed by atoms with Gasteiger partial charge in [-0.25, -0.2) is 9.97 Å². The minimum Gasteiger partial charge on any atom is -0.369 e. The molecule has 5 rings (SSSR count). The lowest BCUT2D eigenvalue weighted by Crippen LogP contribution is -2.28. The summed E-state index contributed by atoms with van der Waals surface area (Å²) < 4.78 is 0. The molecule has 0 bridgehead atoms. The van der Waals surface area contributed by atoms with Gasteiger partial charge < -0.3 is 10.6 Å². The minimum absolute atomic E-state index is 0.223. The van der Waals surface area contributed by atoms with E-state index in [1.807, 2.05) is 18.2 Å². The Labute approximate surface area is 220 Å². The molecule has 2 fully saturated rings. The number of pyridine rings is 1. The number of amides is 1. The van der Waals surface area contributed by atoms with Crippen molar-refractivity contribution in [2.45, 2.75) is 51.0 Å². The molecule has 9 heteroatoms. The Morgan fingerprint density at radius 2 is 1.91 bits per heavy atom. The van der Waals surface area contributed by atoms with Gasteiger partial charge in [0.15, 0.2) is 0 Å². The van der Waals surface area contributed by atoms with E-state index in [0.717, 1.165) is 73.0 Å². The molecule has 2 aliphatic rings. The molecule has 2 unspecified atom stereocenters. The van der Waals surface area contributed by atoms with Gasteiger partial charge >= 0.3 is 0 Å². The van der Waals surface area contributed by atoms with E-state index >= 15 is 0 Å². The van der Waals surface area contributed by atoms with Crippen molar-refractivity contribution < 1.29 is 4.79 Å². The van der Waals surface area contributed by atoms with Crippen LogP contribution in [-0.4, -0.2) is 47.0 Å². The molecule has 0 saturated carbocycles. The van der Waals surface area contributed by atoms with Crippen LogP contribution in [0.25, 0.3) is 10.3 Å². The van der Waals surface area contributed by atoms with E-state index in [0.29, 0.717) is 22.5 Å². The summed E-state index contributed by atoms with van der Waals surface area (Å²) in [4.78, 5) is 27.6. The van der Waals surface area contributed by atoms with E-state index in [4.69, 9.17) is 38.9 Å². The third kappa shape index (κ3) is 5.74. The summed E-state index contributed by atoms with van der Waals surface area (Å²) in [5, 5.41) is 2.12. The fourth-order valence-corrected chi connectivity index (χ4v) is 6.67. The highest BCUT2D eigenvalue weighted by Crippen LogP contribution is 2.35. The lowest BCUT2D eigenvalue weighted by Gasteiger charge is -2.25. The van der Waals surface area contributed by atoms with Gasteiger partial charge in [-0.2, -0.15) is 0 Å². The molecule has 2 atom stereocenters. The molecule has 6 nitrogen and oxygen atoms in total. The molecule has 186 valence electrons. The number of thiazole rings is 1. The average molecular weight is 533 g/mol. The third-order valence-corrected chi connectivity index (χ3v) is 8.95. The lowest BCUT2D eigenvalue weighted by atomic mass is 9.98. The number of nitrogens with zero attached hydrogens (tertiary/aromatic N) is 4. The molecular formula is C26H31Cl2N5OS. The lowest BCUT2D eigenvalue weighted by molar-refractivity contribution is -0.122. The van der Waals surface area contributed by atoms with Crippen LogP contribution in [0.2, 0.25) is 10.0 Å². The van der Waals surface area contributed by atoms with E-state index < -0.39 is 0 Å². The van der Waals surface area contributed by atoms with E-state index in [-0.39, 0.29) is 11.8 Å². The van der Waals surface area contributed by atoms with Crippen LogP contribution < -0.4 is 10.6 Å². The maximum absolute atomic E-state index is 12.3. The van der Waals surface area contributed by atoms with Crippen molar-refractivity contribution in [1.29, 1.82) is 0 Å². The summed E-state index contributed by atoms with van der Waals surface area (Å²) in [6.07, 6.45) is 6.94. The largest absolute Gasteiger partial charge is 0.369 e. The molecule has 35 heavy (non-hydrogen) atoms. The smallest absolute Gasteiger partial charge is 0.220 e. The summed E-state index contributed by atoms with van der Waals surface area (Å²) in [6.45, 7) is 4.11. The maximum Gasteiger partial charge on any atom is 0.220 e. The van der Waals surface area contributed by atoms with Gasteiger partial charge in [0.05, 0.1) is 15.1 Å². The molecule has 4 heterocycles. The first-order valence-electron chi connectivity index (χ1n) is 12.5. The standard InChI is InChI=1S/C26H31Cl2N5OS/c27-19-8-7-17(15-20(19)28)22-6-4-14-32(22)13-3-5-18(25(29)34)16-24-30-21-9-10-23(31-26(21)35-24)33-11-1-2-12-33/h7-10,15,18,22H,1-6,11-14,16H2,(H2,29,34). The van der Waals surface area contributed by atoms with E-state index in [1.54, 1.807) is 11.3 Å². The van der Waals surface area contributed by atoms with Gasteiger partial charge in [-0.05, 0) is 81.4 Å². The van der Waals surface area contributed by atoms with Crippen LogP contribution in [-0.2, 0) is 11.2 Å². The number of primary amides is 1. The van der Waals surface area contributed by atoms with Crippen molar-refractivity contribution in [1.82, 2.24) is 14.9 Å². The average Bonchev–Trinajstić information content (AvgIpc) is 3.60. The number of aromatic nitrogens is 2. The predicted molar refractivity (Wildman–Crippen MR) is 144 cm³/mol. The molecular weight excluding hydrogens is 501 g/mol. The van der Waals surface area contributed by atoms with Crippen molar-refractivity contribution in [2.75, 3.05) is 31.1 Å². The predicted octanol–water partition coefficient (Wildman–Crippen LogP) is 5.86. The van der Waals surface area contributed by atoms with Crippen LogP contribution in [0.4, 0.5) is 5.82 Å². The maximum atomic E-state index is 12.3. The van der Waals surface area contributed by atoms with Crippen molar-refractivity contribution in [3.63, 3.8) is 0 Å². The summed E-state index contributed by atoms with van der Waals surface area (Å²) >= 11 is 13.9. The van der Waals surface area contributed by atoms with Gasteiger partial charge in [-0.3, -0.25) is 9.69 Å². The number of hydrogen-bond donors (Lipinski definition) is 1. The Morgan fingerprint density at radius 3 is 2.69 bits per heavy atom. The van der Waals surface area contributed by atoms with Crippen molar-refractivity contribution >= 4 is 56.6 Å². The third-order valence-electron chi connectivity index (χ3n) is 7.23. The monoisotopic (exact) mass is 531 g/mol. The molecule has 0 radical (unpaired) electrons. The zero-order chi connectivity index (χ0) is 24.4. The van der Waals surface area contributed by atoms with Crippen LogP contribution in [0.3, 0.4) is 0 Å². The van der Waals surface area contributed by atoms with Gasteiger partial charge in [0.1, 0.15) is 16.2 Å². The molecule has 3 aromatic rings. The Balaban J connectivity index is 1.20.